The van der Waals surface area contributed by atoms with Gasteiger partial charge in [0, 0.05) is 37.0 Å². The lowest BCUT2D eigenvalue weighted by Crippen LogP contribution is -2.16. The van der Waals surface area contributed by atoms with E-state index in [2.05, 4.69) is 15.3 Å². The van der Waals surface area contributed by atoms with Gasteiger partial charge in [-0.25, -0.2) is 9.97 Å². The maximum Gasteiger partial charge on any atom is 0.131 e. The Morgan fingerprint density at radius 1 is 1.25 bits per heavy atom. The number of aryl methyl sites for hydroxylation is 2. The Labute approximate surface area is 97.5 Å². The van der Waals surface area contributed by atoms with Crippen LogP contribution in [0.2, 0.25) is 0 Å². The van der Waals surface area contributed by atoms with Crippen LogP contribution in [0.15, 0.2) is 0 Å². The summed E-state index contributed by atoms with van der Waals surface area (Å²) in [5.74, 6) is 0.865. The van der Waals surface area contributed by atoms with Crippen molar-refractivity contribution in [3.05, 3.63) is 22.8 Å². The summed E-state index contributed by atoms with van der Waals surface area (Å²) in [5, 5.41) is 3.13. The Balaban J connectivity index is 2.91. The molecule has 0 aliphatic heterocycles. The van der Waals surface area contributed by atoms with Crippen LogP contribution >= 0.6 is 0 Å². The predicted octanol–water partition coefficient (Wildman–Crippen LogP) is 1.39. The van der Waals surface area contributed by atoms with Crippen LogP contribution in [0.3, 0.4) is 0 Å². The number of hydrogen-bond donors (Lipinski definition) is 1. The van der Waals surface area contributed by atoms with E-state index in [1.54, 1.807) is 7.11 Å². The van der Waals surface area contributed by atoms with Crippen molar-refractivity contribution in [3.8, 4) is 0 Å². The second kappa shape index (κ2) is 5.92. The molecule has 1 atom stereocenters. The number of methoxy groups -OCH3 is 1. The van der Waals surface area contributed by atoms with Crippen molar-refractivity contribution in [2.75, 3.05) is 14.2 Å². The van der Waals surface area contributed by atoms with E-state index in [4.69, 9.17) is 4.74 Å². The molecular weight excluding hydrogens is 202 g/mol. The second-order valence-corrected chi connectivity index (χ2v) is 4.07. The normalized spacial score (nSPS) is 12.8. The Morgan fingerprint density at radius 3 is 2.25 bits per heavy atom. The third-order valence-electron chi connectivity index (χ3n) is 2.69. The van der Waals surface area contributed by atoms with Gasteiger partial charge in [-0.05, 0) is 27.8 Å². The first-order chi connectivity index (χ1) is 7.58. The van der Waals surface area contributed by atoms with Gasteiger partial charge in [-0.15, -0.1) is 0 Å². The summed E-state index contributed by atoms with van der Waals surface area (Å²) in [4.78, 5) is 9.02. The molecule has 0 aliphatic carbocycles. The highest BCUT2D eigenvalue weighted by molar-refractivity contribution is 5.24. The smallest absolute Gasteiger partial charge is 0.131 e. The molecule has 0 fully saturated rings. The zero-order valence-corrected chi connectivity index (χ0v) is 10.8. The molecule has 0 aliphatic rings. The van der Waals surface area contributed by atoms with Crippen molar-refractivity contribution in [2.24, 2.45) is 0 Å². The first kappa shape index (κ1) is 13.1. The second-order valence-electron chi connectivity index (χ2n) is 4.07. The van der Waals surface area contributed by atoms with Crippen LogP contribution in [0.1, 0.15) is 29.7 Å². The molecule has 4 nitrogen and oxygen atoms in total. The fraction of sp³-hybridized carbons (Fsp3) is 0.667. The van der Waals surface area contributed by atoms with E-state index in [-0.39, 0.29) is 6.10 Å². The van der Waals surface area contributed by atoms with Gasteiger partial charge in [-0.1, -0.05) is 0 Å². The number of ether oxygens (including phenoxy) is 1. The summed E-state index contributed by atoms with van der Waals surface area (Å²) in [6, 6.07) is 0. The Hall–Kier alpha value is -1.00. The summed E-state index contributed by atoms with van der Waals surface area (Å²) in [5.41, 5.74) is 3.30. The fourth-order valence-electron chi connectivity index (χ4n) is 1.67. The van der Waals surface area contributed by atoms with Crippen LogP contribution in [0.25, 0.3) is 0 Å². The standard InChI is InChI=1S/C12H21N3O/c1-8(16-5)6-12-14-9(2)11(7-13-4)10(3)15-12/h8,13H,6-7H2,1-5H3. The van der Waals surface area contributed by atoms with E-state index in [1.807, 2.05) is 27.8 Å². The summed E-state index contributed by atoms with van der Waals surface area (Å²) in [6.45, 7) is 6.90. The van der Waals surface area contributed by atoms with Gasteiger partial charge in [0.2, 0.25) is 0 Å². The molecule has 16 heavy (non-hydrogen) atoms. The molecule has 1 aromatic rings. The van der Waals surface area contributed by atoms with E-state index < -0.39 is 0 Å². The third kappa shape index (κ3) is 3.25. The Kier molecular flexibility index (Phi) is 4.83. The molecule has 4 heteroatoms. The molecule has 0 radical (unpaired) electrons. The topological polar surface area (TPSA) is 47.0 Å². The van der Waals surface area contributed by atoms with Crippen molar-refractivity contribution < 1.29 is 4.74 Å². The molecule has 0 saturated heterocycles. The van der Waals surface area contributed by atoms with Crippen molar-refractivity contribution in [1.29, 1.82) is 0 Å². The molecule has 1 N–H and O–H groups in total. The lowest BCUT2D eigenvalue weighted by molar-refractivity contribution is 0.117. The summed E-state index contributed by atoms with van der Waals surface area (Å²) in [7, 11) is 3.64. The monoisotopic (exact) mass is 223 g/mol. The highest BCUT2D eigenvalue weighted by atomic mass is 16.5. The molecular formula is C12H21N3O. The molecule has 1 unspecified atom stereocenters. The summed E-state index contributed by atoms with van der Waals surface area (Å²) < 4.78 is 5.22. The lowest BCUT2D eigenvalue weighted by Gasteiger charge is -2.12. The van der Waals surface area contributed by atoms with Crippen LogP contribution in [0, 0.1) is 13.8 Å². The van der Waals surface area contributed by atoms with Gasteiger partial charge in [0.1, 0.15) is 5.82 Å². The van der Waals surface area contributed by atoms with E-state index in [1.165, 1.54) is 5.56 Å². The zero-order chi connectivity index (χ0) is 12.1. The van der Waals surface area contributed by atoms with Gasteiger partial charge >= 0.3 is 0 Å². The number of rotatable bonds is 5. The quantitative estimate of drug-likeness (QED) is 0.819. The maximum atomic E-state index is 5.22. The average molecular weight is 223 g/mol. The molecule has 1 rings (SSSR count). The van der Waals surface area contributed by atoms with Gasteiger partial charge in [0.25, 0.3) is 0 Å². The van der Waals surface area contributed by atoms with E-state index in [9.17, 15) is 0 Å². The predicted molar refractivity (Wildman–Crippen MR) is 64.4 cm³/mol. The van der Waals surface area contributed by atoms with Crippen LogP contribution in [-0.2, 0) is 17.7 Å². The SMILES string of the molecule is CNCc1c(C)nc(CC(C)OC)nc1C. The summed E-state index contributed by atoms with van der Waals surface area (Å²) >= 11 is 0. The average Bonchev–Trinajstić information content (AvgIpc) is 2.23. The van der Waals surface area contributed by atoms with E-state index in [0.29, 0.717) is 0 Å². The van der Waals surface area contributed by atoms with Gasteiger partial charge < -0.3 is 10.1 Å². The molecule has 1 heterocycles. The molecule has 0 amide bonds. The van der Waals surface area contributed by atoms with Crippen molar-refractivity contribution >= 4 is 0 Å². The largest absolute Gasteiger partial charge is 0.381 e. The van der Waals surface area contributed by atoms with Crippen LogP contribution in [-0.4, -0.2) is 30.2 Å². The molecule has 1 aromatic heterocycles. The first-order valence-corrected chi connectivity index (χ1v) is 5.58. The number of hydrogen-bond acceptors (Lipinski definition) is 4. The molecule has 90 valence electrons. The van der Waals surface area contributed by atoms with Crippen molar-refractivity contribution in [2.45, 2.75) is 39.8 Å². The molecule has 0 bridgehead atoms. The lowest BCUT2D eigenvalue weighted by atomic mass is 10.1. The molecule has 0 aromatic carbocycles. The number of nitrogens with zero attached hydrogens (tertiary/aromatic N) is 2. The number of aromatic nitrogens is 2. The van der Waals surface area contributed by atoms with E-state index >= 15 is 0 Å². The van der Waals surface area contributed by atoms with Crippen LogP contribution in [0.5, 0.6) is 0 Å². The maximum absolute atomic E-state index is 5.22. The minimum Gasteiger partial charge on any atom is -0.381 e. The van der Waals surface area contributed by atoms with Gasteiger partial charge in [-0.2, -0.15) is 0 Å². The minimum absolute atomic E-state index is 0.161. The Bertz CT molecular complexity index is 329. The van der Waals surface area contributed by atoms with Crippen LogP contribution < -0.4 is 5.32 Å². The summed E-state index contributed by atoms with van der Waals surface area (Å²) in [6.07, 6.45) is 0.923. The van der Waals surface area contributed by atoms with Gasteiger partial charge in [0.05, 0.1) is 6.10 Å². The van der Waals surface area contributed by atoms with Gasteiger partial charge in [0.15, 0.2) is 0 Å². The molecule has 0 saturated carbocycles. The first-order valence-electron chi connectivity index (χ1n) is 5.58. The third-order valence-corrected chi connectivity index (χ3v) is 2.69. The minimum atomic E-state index is 0.161. The van der Waals surface area contributed by atoms with Crippen molar-refractivity contribution in [3.63, 3.8) is 0 Å². The fourth-order valence-corrected chi connectivity index (χ4v) is 1.67. The van der Waals surface area contributed by atoms with E-state index in [0.717, 1.165) is 30.2 Å². The highest BCUT2D eigenvalue weighted by Gasteiger charge is 2.10. The Morgan fingerprint density at radius 2 is 1.81 bits per heavy atom. The zero-order valence-electron chi connectivity index (χ0n) is 10.8. The number of nitrogens with one attached hydrogen (secondary N) is 1. The van der Waals surface area contributed by atoms with Crippen LogP contribution in [0.4, 0.5) is 0 Å². The molecule has 0 spiro atoms. The van der Waals surface area contributed by atoms with Crippen molar-refractivity contribution in [1.82, 2.24) is 15.3 Å². The van der Waals surface area contributed by atoms with Gasteiger partial charge in [-0.3, -0.25) is 0 Å². The highest BCUT2D eigenvalue weighted by Crippen LogP contribution is 2.11.